The van der Waals surface area contributed by atoms with Gasteiger partial charge in [0.15, 0.2) is 0 Å². The lowest BCUT2D eigenvalue weighted by molar-refractivity contribution is -0.384. The first-order valence-electron chi connectivity index (χ1n) is 6.89. The number of hydrogen-bond donors (Lipinski definition) is 2. The van der Waals surface area contributed by atoms with Crippen LogP contribution in [-0.2, 0) is 4.79 Å². The maximum atomic E-state index is 11.7. The Morgan fingerprint density at radius 2 is 2.10 bits per heavy atom. The number of carbonyl (C=O) groups excluding carboxylic acids is 1. The molecule has 1 amide bonds. The fourth-order valence-corrected chi connectivity index (χ4v) is 1.74. The molecule has 0 heterocycles. The molecule has 114 valence electrons. The van der Waals surface area contributed by atoms with Gasteiger partial charge in [-0.1, -0.05) is 26.0 Å². The van der Waals surface area contributed by atoms with E-state index in [-0.39, 0.29) is 11.6 Å². The molecule has 1 aromatic carbocycles. The zero-order valence-electron chi connectivity index (χ0n) is 12.3. The third kappa shape index (κ3) is 5.35. The second kappa shape index (κ2) is 7.54. The summed E-state index contributed by atoms with van der Waals surface area (Å²) in [6, 6.07) is 6.09. The van der Waals surface area contributed by atoms with Crippen molar-refractivity contribution in [1.29, 1.82) is 0 Å². The van der Waals surface area contributed by atoms with E-state index < -0.39 is 10.5 Å². The predicted octanol–water partition coefficient (Wildman–Crippen LogP) is 2.24. The van der Waals surface area contributed by atoms with E-state index in [9.17, 15) is 14.9 Å². The lowest BCUT2D eigenvalue weighted by atomic mass is 9.94. The van der Waals surface area contributed by atoms with Crippen LogP contribution < -0.4 is 11.1 Å². The van der Waals surface area contributed by atoms with Gasteiger partial charge in [-0.2, -0.15) is 0 Å². The molecule has 0 aromatic heterocycles. The van der Waals surface area contributed by atoms with E-state index in [1.807, 2.05) is 13.8 Å². The van der Waals surface area contributed by atoms with Gasteiger partial charge in [-0.3, -0.25) is 14.9 Å². The molecule has 1 aromatic rings. The van der Waals surface area contributed by atoms with Crippen LogP contribution in [0, 0.1) is 10.1 Å². The topological polar surface area (TPSA) is 98.3 Å². The lowest BCUT2D eigenvalue weighted by Gasteiger charge is -2.26. The Kier molecular flexibility index (Phi) is 6.05. The summed E-state index contributed by atoms with van der Waals surface area (Å²) in [4.78, 5) is 21.9. The molecular weight excluding hydrogens is 270 g/mol. The quantitative estimate of drug-likeness (QED) is 0.457. The van der Waals surface area contributed by atoms with Crippen LogP contribution in [0.2, 0.25) is 0 Å². The van der Waals surface area contributed by atoms with Crippen LogP contribution in [0.5, 0.6) is 0 Å². The van der Waals surface area contributed by atoms with E-state index in [4.69, 9.17) is 5.73 Å². The molecule has 0 radical (unpaired) electrons. The van der Waals surface area contributed by atoms with Crippen molar-refractivity contribution in [2.75, 3.05) is 6.54 Å². The van der Waals surface area contributed by atoms with E-state index in [2.05, 4.69) is 5.32 Å². The molecule has 6 nitrogen and oxygen atoms in total. The van der Waals surface area contributed by atoms with Crippen molar-refractivity contribution in [3.05, 3.63) is 46.0 Å². The van der Waals surface area contributed by atoms with Crippen molar-refractivity contribution in [2.45, 2.75) is 32.2 Å². The molecule has 0 aliphatic rings. The van der Waals surface area contributed by atoms with Crippen molar-refractivity contribution in [3.8, 4) is 0 Å². The number of hydrogen-bond acceptors (Lipinski definition) is 4. The number of nitrogens with one attached hydrogen (secondary N) is 1. The molecular formula is C15H21N3O3. The summed E-state index contributed by atoms with van der Waals surface area (Å²) in [5.41, 5.74) is 6.29. The van der Waals surface area contributed by atoms with Gasteiger partial charge in [-0.25, -0.2) is 0 Å². The lowest BCUT2D eigenvalue weighted by Crippen LogP contribution is -2.48. The number of nitro benzene ring substituents is 1. The zero-order valence-corrected chi connectivity index (χ0v) is 12.3. The first-order chi connectivity index (χ1) is 9.90. The Morgan fingerprint density at radius 1 is 1.43 bits per heavy atom. The minimum atomic E-state index is -0.470. The third-order valence-corrected chi connectivity index (χ3v) is 3.53. The van der Waals surface area contributed by atoms with E-state index in [1.54, 1.807) is 18.2 Å². The molecule has 1 rings (SSSR count). The molecule has 6 heteroatoms. The van der Waals surface area contributed by atoms with E-state index >= 15 is 0 Å². The Bertz CT molecular complexity index is 537. The van der Waals surface area contributed by atoms with Gasteiger partial charge in [0, 0.05) is 30.3 Å². The number of benzene rings is 1. The van der Waals surface area contributed by atoms with Gasteiger partial charge in [0.25, 0.3) is 5.69 Å². The number of nitrogens with zero attached hydrogens (tertiary/aromatic N) is 1. The molecule has 3 N–H and O–H groups in total. The minimum absolute atomic E-state index is 0.00417. The number of non-ortho nitro benzene ring substituents is 1. The monoisotopic (exact) mass is 291 g/mol. The number of nitrogens with two attached hydrogens (primary N) is 1. The van der Waals surface area contributed by atoms with Crippen LogP contribution in [0.4, 0.5) is 5.69 Å². The highest BCUT2D eigenvalue weighted by molar-refractivity contribution is 5.91. The molecule has 0 aliphatic heterocycles. The first-order valence-corrected chi connectivity index (χ1v) is 6.89. The van der Waals surface area contributed by atoms with Gasteiger partial charge in [0.05, 0.1) is 4.92 Å². The number of rotatable bonds is 7. The molecule has 21 heavy (non-hydrogen) atoms. The smallest absolute Gasteiger partial charge is 0.270 e. The largest absolute Gasteiger partial charge is 0.351 e. The van der Waals surface area contributed by atoms with Crippen LogP contribution in [-0.4, -0.2) is 22.9 Å². The minimum Gasteiger partial charge on any atom is -0.351 e. The van der Waals surface area contributed by atoms with Gasteiger partial charge in [-0.15, -0.1) is 0 Å². The highest BCUT2D eigenvalue weighted by atomic mass is 16.6. The summed E-state index contributed by atoms with van der Waals surface area (Å²) in [6.07, 6.45) is 4.44. The molecule has 0 spiro atoms. The van der Waals surface area contributed by atoms with Crippen molar-refractivity contribution in [2.24, 2.45) is 5.73 Å². The summed E-state index contributed by atoms with van der Waals surface area (Å²) in [5.74, 6) is -0.266. The first kappa shape index (κ1) is 16.8. The van der Waals surface area contributed by atoms with Gasteiger partial charge >= 0.3 is 0 Å². The van der Waals surface area contributed by atoms with Crippen LogP contribution in [0.1, 0.15) is 32.3 Å². The SMILES string of the molecule is CCC(N)(CC)CNC(=O)/C=C/c1cccc([N+](=O)[O-])c1. The Hall–Kier alpha value is -2.21. The molecule has 0 atom stereocenters. The molecule has 0 aliphatic carbocycles. The molecule has 0 saturated carbocycles. The summed E-state index contributed by atoms with van der Waals surface area (Å²) in [6.45, 7) is 4.36. The Balaban J connectivity index is 2.62. The second-order valence-electron chi connectivity index (χ2n) is 4.97. The fraction of sp³-hybridized carbons (Fsp3) is 0.400. The highest BCUT2D eigenvalue weighted by Crippen LogP contribution is 2.14. The van der Waals surface area contributed by atoms with Crippen molar-refractivity contribution in [1.82, 2.24) is 5.32 Å². The normalized spacial score (nSPS) is 11.6. The molecule has 0 fully saturated rings. The highest BCUT2D eigenvalue weighted by Gasteiger charge is 2.20. The number of carbonyl (C=O) groups is 1. The van der Waals surface area contributed by atoms with Crippen molar-refractivity contribution < 1.29 is 9.72 Å². The van der Waals surface area contributed by atoms with Crippen LogP contribution in [0.3, 0.4) is 0 Å². The van der Waals surface area contributed by atoms with E-state index in [0.717, 1.165) is 12.8 Å². The number of nitro groups is 1. The van der Waals surface area contributed by atoms with Crippen LogP contribution >= 0.6 is 0 Å². The van der Waals surface area contributed by atoms with Gasteiger partial charge in [0.2, 0.25) is 5.91 Å². The molecule has 0 unspecified atom stereocenters. The predicted molar refractivity (Wildman–Crippen MR) is 82.6 cm³/mol. The van der Waals surface area contributed by atoms with E-state index in [0.29, 0.717) is 12.1 Å². The summed E-state index contributed by atoms with van der Waals surface area (Å²) < 4.78 is 0. The summed E-state index contributed by atoms with van der Waals surface area (Å²) >= 11 is 0. The Labute approximate surface area is 124 Å². The average Bonchev–Trinajstić information content (AvgIpc) is 2.50. The fourth-order valence-electron chi connectivity index (χ4n) is 1.74. The van der Waals surface area contributed by atoms with Crippen molar-refractivity contribution >= 4 is 17.7 Å². The average molecular weight is 291 g/mol. The second-order valence-corrected chi connectivity index (χ2v) is 4.97. The summed E-state index contributed by atoms with van der Waals surface area (Å²) in [5, 5.41) is 13.4. The summed E-state index contributed by atoms with van der Waals surface area (Å²) in [7, 11) is 0. The van der Waals surface area contributed by atoms with Crippen LogP contribution in [0.25, 0.3) is 6.08 Å². The van der Waals surface area contributed by atoms with Gasteiger partial charge in [-0.05, 0) is 24.5 Å². The van der Waals surface area contributed by atoms with Crippen molar-refractivity contribution in [3.63, 3.8) is 0 Å². The zero-order chi connectivity index (χ0) is 15.9. The Morgan fingerprint density at radius 3 is 2.67 bits per heavy atom. The van der Waals surface area contributed by atoms with Gasteiger partial charge in [0.1, 0.15) is 0 Å². The maximum Gasteiger partial charge on any atom is 0.270 e. The standard InChI is InChI=1S/C15H21N3O3/c1-3-15(16,4-2)11-17-14(19)9-8-12-6-5-7-13(10-12)18(20)21/h5-10H,3-4,11,16H2,1-2H3,(H,17,19)/b9-8+. The third-order valence-electron chi connectivity index (χ3n) is 3.53. The van der Waals surface area contributed by atoms with Gasteiger partial charge < -0.3 is 11.1 Å². The number of amides is 1. The molecule has 0 saturated heterocycles. The molecule has 0 bridgehead atoms. The van der Waals surface area contributed by atoms with Crippen LogP contribution in [0.15, 0.2) is 30.3 Å². The maximum absolute atomic E-state index is 11.7. The van der Waals surface area contributed by atoms with E-state index in [1.165, 1.54) is 18.2 Å².